The van der Waals surface area contributed by atoms with E-state index in [0.717, 1.165) is 6.92 Å². The number of halogens is 3. The molecule has 0 spiro atoms. The van der Waals surface area contributed by atoms with Crippen LogP contribution in [0.25, 0.3) is 0 Å². The van der Waals surface area contributed by atoms with Crippen LogP contribution in [0, 0.1) is 0 Å². The molecule has 0 amide bonds. The smallest absolute Gasteiger partial charge is 0.429 e. The van der Waals surface area contributed by atoms with Gasteiger partial charge in [0.15, 0.2) is 6.67 Å². The largest absolute Gasteiger partial charge is 0.515 e. The van der Waals surface area contributed by atoms with Gasteiger partial charge in [0.25, 0.3) is 0 Å². The SMILES string of the molecule is C/C(=C\O)C(=O)OC(F)(F)CF. The zero-order valence-corrected chi connectivity index (χ0v) is 6.18. The molecule has 0 aromatic rings. The molecule has 0 atom stereocenters. The van der Waals surface area contributed by atoms with E-state index in [2.05, 4.69) is 4.74 Å². The summed E-state index contributed by atoms with van der Waals surface area (Å²) >= 11 is 0. The first-order valence-electron chi connectivity index (χ1n) is 2.91. The van der Waals surface area contributed by atoms with E-state index in [1.807, 2.05) is 0 Å². The van der Waals surface area contributed by atoms with Crippen molar-refractivity contribution in [3.63, 3.8) is 0 Å². The molecule has 0 aliphatic carbocycles. The molecule has 0 rings (SSSR count). The van der Waals surface area contributed by atoms with Gasteiger partial charge >= 0.3 is 12.1 Å². The molecule has 0 aromatic heterocycles. The summed E-state index contributed by atoms with van der Waals surface area (Å²) in [4.78, 5) is 10.5. The monoisotopic (exact) mass is 184 g/mol. The van der Waals surface area contributed by atoms with E-state index in [1.165, 1.54) is 0 Å². The van der Waals surface area contributed by atoms with E-state index < -0.39 is 24.3 Å². The third-order valence-electron chi connectivity index (χ3n) is 0.913. The molecule has 1 N–H and O–H groups in total. The molecule has 70 valence electrons. The molecular weight excluding hydrogens is 177 g/mol. The second kappa shape index (κ2) is 3.99. The highest BCUT2D eigenvalue weighted by Crippen LogP contribution is 2.17. The van der Waals surface area contributed by atoms with Crippen LogP contribution in [-0.4, -0.2) is 23.9 Å². The minimum Gasteiger partial charge on any atom is -0.515 e. The van der Waals surface area contributed by atoms with Crippen molar-refractivity contribution in [1.82, 2.24) is 0 Å². The van der Waals surface area contributed by atoms with Gasteiger partial charge in [-0.25, -0.2) is 9.18 Å². The lowest BCUT2D eigenvalue weighted by Gasteiger charge is -2.12. The average Bonchev–Trinajstić information content (AvgIpc) is 2.02. The number of hydrogen-bond acceptors (Lipinski definition) is 3. The van der Waals surface area contributed by atoms with Crippen LogP contribution in [0.2, 0.25) is 0 Å². The van der Waals surface area contributed by atoms with Gasteiger partial charge in [0.05, 0.1) is 11.8 Å². The predicted molar refractivity (Wildman–Crippen MR) is 33.4 cm³/mol. The van der Waals surface area contributed by atoms with Crippen molar-refractivity contribution < 1.29 is 27.8 Å². The van der Waals surface area contributed by atoms with Gasteiger partial charge in [-0.15, -0.1) is 0 Å². The van der Waals surface area contributed by atoms with E-state index in [-0.39, 0.29) is 0 Å². The van der Waals surface area contributed by atoms with Crippen molar-refractivity contribution >= 4 is 5.97 Å². The molecule has 3 nitrogen and oxygen atoms in total. The fourth-order valence-electron chi connectivity index (χ4n) is 0.296. The third kappa shape index (κ3) is 3.27. The lowest BCUT2D eigenvalue weighted by Crippen LogP contribution is -2.27. The first kappa shape index (κ1) is 10.8. The maximum absolute atomic E-state index is 12.0. The molecule has 0 saturated heterocycles. The Kier molecular flexibility index (Phi) is 3.59. The molecule has 0 aromatic carbocycles. The van der Waals surface area contributed by atoms with Crippen LogP contribution < -0.4 is 0 Å². The van der Waals surface area contributed by atoms with Crippen LogP contribution in [-0.2, 0) is 9.53 Å². The minimum atomic E-state index is -4.12. The summed E-state index contributed by atoms with van der Waals surface area (Å²) in [6.45, 7) is -1.03. The normalized spacial score (nSPS) is 12.8. The second-order valence-corrected chi connectivity index (χ2v) is 1.97. The fraction of sp³-hybridized carbons (Fsp3) is 0.500. The standard InChI is InChI=1S/C6H7F3O3/c1-4(2-10)5(11)12-6(8,9)3-7/h2,10H,3H2,1H3/b4-2+. The zero-order valence-electron chi connectivity index (χ0n) is 6.18. The van der Waals surface area contributed by atoms with E-state index in [4.69, 9.17) is 5.11 Å². The molecule has 0 aliphatic heterocycles. The van der Waals surface area contributed by atoms with Gasteiger partial charge in [-0.2, -0.15) is 8.78 Å². The van der Waals surface area contributed by atoms with Gasteiger partial charge < -0.3 is 9.84 Å². The molecular formula is C6H7F3O3. The van der Waals surface area contributed by atoms with Crippen LogP contribution in [0.4, 0.5) is 13.2 Å². The maximum atomic E-state index is 12.0. The fourth-order valence-corrected chi connectivity index (χ4v) is 0.296. The summed E-state index contributed by atoms with van der Waals surface area (Å²) in [5, 5.41) is 8.17. The molecule has 0 bridgehead atoms. The molecule has 6 heteroatoms. The lowest BCUT2D eigenvalue weighted by atomic mass is 10.3. The van der Waals surface area contributed by atoms with E-state index in [9.17, 15) is 18.0 Å². The molecule has 0 heterocycles. The Morgan fingerprint density at radius 1 is 1.67 bits per heavy atom. The number of carbonyl (C=O) groups is 1. The Morgan fingerprint density at radius 2 is 2.17 bits per heavy atom. The Hall–Kier alpha value is -1.20. The average molecular weight is 184 g/mol. The Balaban J connectivity index is 4.19. The van der Waals surface area contributed by atoms with Gasteiger partial charge in [0.2, 0.25) is 0 Å². The van der Waals surface area contributed by atoms with Crippen molar-refractivity contribution in [2.45, 2.75) is 13.0 Å². The van der Waals surface area contributed by atoms with E-state index in [1.54, 1.807) is 0 Å². The van der Waals surface area contributed by atoms with Gasteiger partial charge in [-0.05, 0) is 6.92 Å². The first-order chi connectivity index (χ1) is 5.43. The summed E-state index contributed by atoms with van der Waals surface area (Å²) < 4.78 is 38.7. The van der Waals surface area contributed by atoms with Gasteiger partial charge in [0, 0.05) is 0 Å². The highest BCUT2D eigenvalue weighted by Gasteiger charge is 2.34. The zero-order chi connectivity index (χ0) is 9.78. The number of aliphatic hydroxyl groups excluding tert-OH is 1. The Morgan fingerprint density at radius 3 is 2.50 bits per heavy atom. The van der Waals surface area contributed by atoms with Gasteiger partial charge in [-0.3, -0.25) is 0 Å². The summed E-state index contributed by atoms with van der Waals surface area (Å²) in [6, 6.07) is 0. The number of carbonyl (C=O) groups excluding carboxylic acids is 1. The number of alkyl halides is 3. The number of esters is 1. The summed E-state index contributed by atoms with van der Waals surface area (Å²) in [5.74, 6) is -1.46. The van der Waals surface area contributed by atoms with Crippen molar-refractivity contribution in [2.75, 3.05) is 6.67 Å². The maximum Gasteiger partial charge on any atom is 0.429 e. The predicted octanol–water partition coefficient (Wildman–Crippen LogP) is 1.55. The van der Waals surface area contributed by atoms with E-state index >= 15 is 0 Å². The number of ether oxygens (including phenoxy) is 1. The highest BCUT2D eigenvalue weighted by atomic mass is 19.3. The Labute approximate surface area is 66.4 Å². The van der Waals surface area contributed by atoms with Crippen LogP contribution >= 0.6 is 0 Å². The summed E-state index contributed by atoms with van der Waals surface area (Å²) in [5.41, 5.74) is -0.428. The van der Waals surface area contributed by atoms with Crippen LogP contribution in [0.15, 0.2) is 11.8 Å². The van der Waals surface area contributed by atoms with Crippen molar-refractivity contribution in [3.8, 4) is 0 Å². The Bertz CT molecular complexity index is 200. The van der Waals surface area contributed by atoms with Crippen molar-refractivity contribution in [2.24, 2.45) is 0 Å². The third-order valence-corrected chi connectivity index (χ3v) is 0.913. The number of aliphatic hydroxyl groups is 1. The molecule has 0 unspecified atom stereocenters. The lowest BCUT2D eigenvalue weighted by molar-refractivity contribution is -0.235. The topological polar surface area (TPSA) is 46.5 Å². The molecule has 0 radical (unpaired) electrons. The first-order valence-corrected chi connectivity index (χ1v) is 2.91. The highest BCUT2D eigenvalue weighted by molar-refractivity contribution is 5.87. The van der Waals surface area contributed by atoms with Crippen molar-refractivity contribution in [3.05, 3.63) is 11.8 Å². The van der Waals surface area contributed by atoms with Gasteiger partial charge in [-0.1, -0.05) is 0 Å². The van der Waals surface area contributed by atoms with E-state index in [0.29, 0.717) is 6.26 Å². The molecule has 12 heavy (non-hydrogen) atoms. The van der Waals surface area contributed by atoms with Crippen LogP contribution in [0.3, 0.4) is 0 Å². The second-order valence-electron chi connectivity index (χ2n) is 1.97. The number of hydrogen-bond donors (Lipinski definition) is 1. The van der Waals surface area contributed by atoms with Crippen molar-refractivity contribution in [1.29, 1.82) is 0 Å². The quantitative estimate of drug-likeness (QED) is 0.411. The van der Waals surface area contributed by atoms with Gasteiger partial charge in [0.1, 0.15) is 0 Å². The molecule has 0 saturated carbocycles. The summed E-state index contributed by atoms with van der Waals surface area (Å²) in [7, 11) is 0. The summed E-state index contributed by atoms with van der Waals surface area (Å²) in [6.07, 6.45) is -3.82. The van der Waals surface area contributed by atoms with Crippen LogP contribution in [0.1, 0.15) is 6.92 Å². The molecule has 0 fully saturated rings. The molecule has 0 aliphatic rings. The number of rotatable bonds is 3. The minimum absolute atomic E-state index is 0.302. The van der Waals surface area contributed by atoms with Crippen LogP contribution in [0.5, 0.6) is 0 Å².